The Balaban J connectivity index is 1.96. The number of aliphatic hydroxyl groups excluding tert-OH is 1. The van der Waals surface area contributed by atoms with Crippen molar-refractivity contribution in [1.29, 1.82) is 0 Å². The van der Waals surface area contributed by atoms with Gasteiger partial charge in [-0.1, -0.05) is 11.6 Å². The Morgan fingerprint density at radius 3 is 2.74 bits per heavy atom. The molecule has 2 aromatic heterocycles. The van der Waals surface area contributed by atoms with Crippen molar-refractivity contribution in [2.24, 2.45) is 5.92 Å². The average molecular weight is 392 g/mol. The zero-order chi connectivity index (χ0) is 13.4. The number of rotatable bonds is 2. The van der Waals surface area contributed by atoms with E-state index >= 15 is 0 Å². The van der Waals surface area contributed by atoms with Gasteiger partial charge in [-0.15, -0.1) is 0 Å². The van der Waals surface area contributed by atoms with E-state index in [0.717, 1.165) is 40.3 Å². The van der Waals surface area contributed by atoms with Crippen LogP contribution in [0.25, 0.3) is 11.0 Å². The first kappa shape index (κ1) is 13.6. The summed E-state index contributed by atoms with van der Waals surface area (Å²) in [4.78, 5) is 8.45. The molecule has 1 fully saturated rings. The number of fused-ring (bicyclic) bond motifs is 1. The van der Waals surface area contributed by atoms with Gasteiger partial charge in [-0.05, 0) is 54.2 Å². The Hall–Kier alpha value is -0.400. The van der Waals surface area contributed by atoms with Crippen LogP contribution in [0.2, 0.25) is 5.15 Å². The lowest BCUT2D eigenvalue weighted by atomic mass is 9.86. The van der Waals surface area contributed by atoms with Crippen LogP contribution in [-0.2, 0) is 0 Å². The molecule has 0 aromatic carbocycles. The lowest BCUT2D eigenvalue weighted by molar-refractivity contribution is 0.170. The van der Waals surface area contributed by atoms with Gasteiger partial charge in [-0.3, -0.25) is 0 Å². The molecule has 0 radical (unpaired) electrons. The summed E-state index contributed by atoms with van der Waals surface area (Å²) in [7, 11) is 0. The molecule has 1 saturated carbocycles. The summed E-state index contributed by atoms with van der Waals surface area (Å²) in [5, 5.41) is 10.7. The normalized spacial score (nSPS) is 23.9. The number of hydrogen-bond acceptors (Lipinski definition) is 3. The molecule has 0 saturated heterocycles. The smallest absolute Gasteiger partial charge is 0.146 e. The molecule has 1 aliphatic carbocycles. The molecule has 3 rings (SSSR count). The third-order valence-electron chi connectivity index (χ3n) is 3.98. The van der Waals surface area contributed by atoms with E-state index in [-0.39, 0.29) is 0 Å². The number of aliphatic hydroxyl groups is 1. The molecule has 0 atom stereocenters. The summed E-state index contributed by atoms with van der Waals surface area (Å²) in [6.45, 7) is 0.310. The third-order valence-corrected chi connectivity index (χ3v) is 5.09. The highest BCUT2D eigenvalue weighted by molar-refractivity contribution is 14.1. The molecule has 0 aliphatic heterocycles. The fourth-order valence-corrected chi connectivity index (χ4v) is 4.07. The number of nitrogens with zero attached hydrogens (tertiary/aromatic N) is 3. The van der Waals surface area contributed by atoms with Crippen LogP contribution in [0.1, 0.15) is 31.7 Å². The van der Waals surface area contributed by atoms with Crippen LogP contribution in [0.4, 0.5) is 0 Å². The largest absolute Gasteiger partial charge is 0.396 e. The molecule has 102 valence electrons. The SMILES string of the molecule is OCC1CCC(n2cc(I)c3c(Cl)ncnc32)CC1. The Bertz CT molecular complexity index is 593. The van der Waals surface area contributed by atoms with Crippen molar-refractivity contribution in [3.63, 3.8) is 0 Å². The van der Waals surface area contributed by atoms with Crippen LogP contribution >= 0.6 is 34.2 Å². The van der Waals surface area contributed by atoms with E-state index in [9.17, 15) is 5.11 Å². The van der Waals surface area contributed by atoms with Crippen LogP contribution in [0.15, 0.2) is 12.5 Å². The summed E-state index contributed by atoms with van der Waals surface area (Å²) >= 11 is 8.44. The van der Waals surface area contributed by atoms with E-state index in [1.54, 1.807) is 0 Å². The van der Waals surface area contributed by atoms with Crippen LogP contribution < -0.4 is 0 Å². The lowest BCUT2D eigenvalue weighted by Crippen LogP contribution is -2.19. The van der Waals surface area contributed by atoms with Crippen LogP contribution in [-0.4, -0.2) is 26.2 Å². The van der Waals surface area contributed by atoms with E-state index in [2.05, 4.69) is 43.3 Å². The number of halogens is 2. The van der Waals surface area contributed by atoms with Gasteiger partial charge in [0.2, 0.25) is 0 Å². The van der Waals surface area contributed by atoms with Gasteiger partial charge >= 0.3 is 0 Å². The van der Waals surface area contributed by atoms with Crippen molar-refractivity contribution in [2.75, 3.05) is 6.61 Å². The van der Waals surface area contributed by atoms with Crippen molar-refractivity contribution in [3.8, 4) is 0 Å². The maximum atomic E-state index is 9.21. The predicted molar refractivity (Wildman–Crippen MR) is 83.3 cm³/mol. The number of aromatic nitrogens is 3. The standard InChI is InChI=1S/C13H15ClIN3O/c14-12-11-10(15)5-18(13(11)17-7-16-12)9-3-1-8(6-19)2-4-9/h5,7-9,19H,1-4,6H2. The highest BCUT2D eigenvalue weighted by Gasteiger charge is 2.24. The molecule has 0 spiro atoms. The quantitative estimate of drug-likeness (QED) is 0.630. The van der Waals surface area contributed by atoms with Crippen LogP contribution in [0.3, 0.4) is 0 Å². The molecule has 0 unspecified atom stereocenters. The Kier molecular flexibility index (Phi) is 3.96. The molecule has 0 amide bonds. The van der Waals surface area contributed by atoms with Gasteiger partial charge in [0.05, 0.1) is 5.39 Å². The molecule has 2 heterocycles. The van der Waals surface area contributed by atoms with Crippen molar-refractivity contribution >= 4 is 45.2 Å². The average Bonchev–Trinajstić information content (AvgIpc) is 2.78. The van der Waals surface area contributed by atoms with E-state index in [0.29, 0.717) is 23.7 Å². The molecule has 4 nitrogen and oxygen atoms in total. The van der Waals surface area contributed by atoms with Crippen LogP contribution in [0, 0.1) is 9.49 Å². The van der Waals surface area contributed by atoms with E-state index in [4.69, 9.17) is 11.6 Å². The molecule has 1 N–H and O–H groups in total. The fraction of sp³-hybridized carbons (Fsp3) is 0.538. The van der Waals surface area contributed by atoms with E-state index < -0.39 is 0 Å². The summed E-state index contributed by atoms with van der Waals surface area (Å²) in [5.41, 5.74) is 0.928. The Morgan fingerprint density at radius 2 is 2.05 bits per heavy atom. The first-order chi connectivity index (χ1) is 9.20. The predicted octanol–water partition coefficient (Wildman–Crippen LogP) is 3.41. The van der Waals surface area contributed by atoms with E-state index in [1.165, 1.54) is 6.33 Å². The second kappa shape index (κ2) is 5.54. The van der Waals surface area contributed by atoms with Crippen molar-refractivity contribution in [3.05, 3.63) is 21.2 Å². The van der Waals surface area contributed by atoms with Gasteiger partial charge in [-0.25, -0.2) is 9.97 Å². The van der Waals surface area contributed by atoms with Gasteiger partial charge in [0.15, 0.2) is 0 Å². The van der Waals surface area contributed by atoms with Crippen molar-refractivity contribution < 1.29 is 5.11 Å². The maximum absolute atomic E-state index is 9.21. The summed E-state index contributed by atoms with van der Waals surface area (Å²) in [6.07, 6.45) is 7.98. The minimum atomic E-state index is 0.310. The monoisotopic (exact) mass is 391 g/mol. The maximum Gasteiger partial charge on any atom is 0.146 e. The molecule has 6 heteroatoms. The van der Waals surface area contributed by atoms with Gasteiger partial charge in [0.1, 0.15) is 17.1 Å². The first-order valence-electron chi connectivity index (χ1n) is 6.48. The fourth-order valence-electron chi connectivity index (χ4n) is 2.89. The Morgan fingerprint density at radius 1 is 1.32 bits per heavy atom. The first-order valence-corrected chi connectivity index (χ1v) is 7.93. The zero-order valence-corrected chi connectivity index (χ0v) is 13.3. The number of hydrogen-bond donors (Lipinski definition) is 1. The highest BCUT2D eigenvalue weighted by atomic mass is 127. The second-order valence-electron chi connectivity index (χ2n) is 5.10. The van der Waals surface area contributed by atoms with Crippen molar-refractivity contribution in [2.45, 2.75) is 31.7 Å². The topological polar surface area (TPSA) is 50.9 Å². The molecule has 1 aliphatic rings. The minimum Gasteiger partial charge on any atom is -0.396 e. The Labute approximate surface area is 130 Å². The van der Waals surface area contributed by atoms with Gasteiger partial charge < -0.3 is 9.67 Å². The van der Waals surface area contributed by atoms with E-state index in [1.807, 2.05) is 0 Å². The zero-order valence-electron chi connectivity index (χ0n) is 10.4. The molecule has 0 bridgehead atoms. The summed E-state index contributed by atoms with van der Waals surface area (Å²) in [6, 6.07) is 0.458. The van der Waals surface area contributed by atoms with Gasteiger partial charge in [-0.2, -0.15) is 0 Å². The molecular weight excluding hydrogens is 377 g/mol. The van der Waals surface area contributed by atoms with Gasteiger partial charge in [0.25, 0.3) is 0 Å². The van der Waals surface area contributed by atoms with Crippen LogP contribution in [0.5, 0.6) is 0 Å². The lowest BCUT2D eigenvalue weighted by Gasteiger charge is -2.28. The molecule has 19 heavy (non-hydrogen) atoms. The van der Waals surface area contributed by atoms with Gasteiger partial charge in [0, 0.05) is 22.4 Å². The van der Waals surface area contributed by atoms with Crippen molar-refractivity contribution in [1.82, 2.24) is 14.5 Å². The molecular formula is C13H15ClIN3O. The third kappa shape index (κ3) is 2.48. The minimum absolute atomic E-state index is 0.310. The summed E-state index contributed by atoms with van der Waals surface area (Å²) < 4.78 is 3.33. The molecule has 2 aromatic rings. The highest BCUT2D eigenvalue weighted by Crippen LogP contribution is 2.36. The summed E-state index contributed by atoms with van der Waals surface area (Å²) in [5.74, 6) is 0.468. The second-order valence-corrected chi connectivity index (χ2v) is 6.62.